The predicted molar refractivity (Wildman–Crippen MR) is 83.4 cm³/mol. The first-order chi connectivity index (χ1) is 10.7. The zero-order chi connectivity index (χ0) is 15.2. The van der Waals surface area contributed by atoms with E-state index in [1.807, 2.05) is 19.1 Å². The molecular formula is C18H17FN2O. The normalized spacial score (nSPS) is 23.1. The Morgan fingerprint density at radius 2 is 2.18 bits per heavy atom. The summed E-state index contributed by atoms with van der Waals surface area (Å²) in [7, 11) is 0. The number of benzene rings is 1. The average molecular weight is 296 g/mol. The number of nitrogens with zero attached hydrogens (tertiary/aromatic N) is 2. The van der Waals surface area contributed by atoms with Crippen LogP contribution in [0.1, 0.15) is 24.5 Å². The lowest BCUT2D eigenvalue weighted by atomic mass is 9.76. The Morgan fingerprint density at radius 1 is 1.27 bits per heavy atom. The van der Waals surface area contributed by atoms with Gasteiger partial charge in [0.15, 0.2) is 5.90 Å². The topological polar surface area (TPSA) is 34.5 Å². The van der Waals surface area contributed by atoms with Crippen molar-refractivity contribution in [1.29, 1.82) is 0 Å². The van der Waals surface area contributed by atoms with Crippen molar-refractivity contribution in [2.24, 2.45) is 4.99 Å². The minimum atomic E-state index is -0.438. The van der Waals surface area contributed by atoms with Gasteiger partial charge in [0, 0.05) is 25.6 Å². The Bertz CT molecular complexity index is 771. The van der Waals surface area contributed by atoms with Crippen LogP contribution in [0, 0.1) is 5.95 Å². The van der Waals surface area contributed by atoms with Crippen LogP contribution in [0.3, 0.4) is 0 Å². The zero-order valence-electron chi connectivity index (χ0n) is 12.5. The highest BCUT2D eigenvalue weighted by Gasteiger charge is 2.39. The van der Waals surface area contributed by atoms with E-state index < -0.39 is 5.95 Å². The van der Waals surface area contributed by atoms with Crippen LogP contribution in [-0.4, -0.2) is 23.0 Å². The third kappa shape index (κ3) is 2.19. The molecule has 0 fully saturated rings. The van der Waals surface area contributed by atoms with Crippen molar-refractivity contribution in [3.8, 4) is 11.1 Å². The second-order valence-electron chi connectivity index (χ2n) is 6.13. The summed E-state index contributed by atoms with van der Waals surface area (Å²) >= 11 is 0. The standard InChI is InChI=1S/C18H17FN2O/c1-12-21-18(11-22-12)7-5-16-14(10-18)3-2-4-15(16)13-6-8-20-17(19)9-13/h2-4,6,8-9H,5,7,10-11H2,1H3/t18-/m0/s1. The zero-order valence-corrected chi connectivity index (χ0v) is 12.5. The second kappa shape index (κ2) is 4.90. The fraction of sp³-hybridized carbons (Fsp3) is 0.333. The summed E-state index contributed by atoms with van der Waals surface area (Å²) in [6.07, 6.45) is 4.32. The first kappa shape index (κ1) is 13.4. The molecule has 0 bridgehead atoms. The van der Waals surface area contributed by atoms with Crippen molar-refractivity contribution in [2.75, 3.05) is 6.61 Å². The largest absolute Gasteiger partial charge is 0.479 e. The van der Waals surface area contributed by atoms with Gasteiger partial charge in [0.05, 0.1) is 0 Å². The number of aliphatic imine (C=N–C) groups is 1. The lowest BCUT2D eigenvalue weighted by Gasteiger charge is -2.31. The van der Waals surface area contributed by atoms with Gasteiger partial charge in [-0.2, -0.15) is 4.39 Å². The van der Waals surface area contributed by atoms with Crippen molar-refractivity contribution >= 4 is 5.90 Å². The van der Waals surface area contributed by atoms with Gasteiger partial charge >= 0.3 is 0 Å². The molecule has 1 spiro atoms. The number of rotatable bonds is 1. The molecule has 112 valence electrons. The summed E-state index contributed by atoms with van der Waals surface area (Å²) in [5.74, 6) is 0.350. The number of pyridine rings is 1. The Labute approximate surface area is 128 Å². The van der Waals surface area contributed by atoms with Gasteiger partial charge in [0.2, 0.25) is 5.95 Å². The fourth-order valence-electron chi connectivity index (χ4n) is 3.59. The van der Waals surface area contributed by atoms with Crippen LogP contribution in [0.4, 0.5) is 4.39 Å². The molecule has 0 amide bonds. The Morgan fingerprint density at radius 3 is 2.95 bits per heavy atom. The molecule has 1 aliphatic heterocycles. The van der Waals surface area contributed by atoms with E-state index in [9.17, 15) is 4.39 Å². The number of aromatic nitrogens is 1. The third-order valence-electron chi connectivity index (χ3n) is 4.61. The number of ether oxygens (including phenoxy) is 1. The summed E-state index contributed by atoms with van der Waals surface area (Å²) in [6.45, 7) is 2.59. The molecule has 22 heavy (non-hydrogen) atoms. The lowest BCUT2D eigenvalue weighted by Crippen LogP contribution is -2.35. The van der Waals surface area contributed by atoms with Gasteiger partial charge in [0.1, 0.15) is 12.1 Å². The highest BCUT2D eigenvalue weighted by Crippen LogP contribution is 2.38. The van der Waals surface area contributed by atoms with Gasteiger partial charge in [0.25, 0.3) is 0 Å². The van der Waals surface area contributed by atoms with Crippen LogP contribution in [0.5, 0.6) is 0 Å². The van der Waals surface area contributed by atoms with Crippen LogP contribution in [0.15, 0.2) is 41.5 Å². The van der Waals surface area contributed by atoms with E-state index in [-0.39, 0.29) is 5.54 Å². The molecule has 0 N–H and O–H groups in total. The Hall–Kier alpha value is -2.23. The average Bonchev–Trinajstić information content (AvgIpc) is 2.87. The van der Waals surface area contributed by atoms with Crippen molar-refractivity contribution in [3.63, 3.8) is 0 Å². The molecule has 2 aromatic rings. The summed E-state index contributed by atoms with van der Waals surface area (Å²) in [5, 5.41) is 0. The molecule has 1 aromatic heterocycles. The molecule has 2 heterocycles. The van der Waals surface area contributed by atoms with Gasteiger partial charge < -0.3 is 4.74 Å². The van der Waals surface area contributed by atoms with Crippen molar-refractivity contribution in [2.45, 2.75) is 31.7 Å². The van der Waals surface area contributed by atoms with Crippen molar-refractivity contribution < 1.29 is 9.13 Å². The monoisotopic (exact) mass is 296 g/mol. The first-order valence-electron chi connectivity index (χ1n) is 7.57. The quantitative estimate of drug-likeness (QED) is 0.754. The lowest BCUT2D eigenvalue weighted by molar-refractivity contribution is 0.236. The molecule has 0 saturated carbocycles. The van der Waals surface area contributed by atoms with Crippen LogP contribution in [0.2, 0.25) is 0 Å². The van der Waals surface area contributed by atoms with E-state index in [2.05, 4.69) is 17.1 Å². The van der Waals surface area contributed by atoms with Gasteiger partial charge in [-0.3, -0.25) is 0 Å². The molecule has 0 radical (unpaired) electrons. The van der Waals surface area contributed by atoms with Crippen molar-refractivity contribution in [1.82, 2.24) is 4.98 Å². The predicted octanol–water partition coefficient (Wildman–Crippen LogP) is 3.56. The molecule has 4 heteroatoms. The maximum atomic E-state index is 13.4. The number of fused-ring (bicyclic) bond motifs is 1. The van der Waals surface area contributed by atoms with Crippen molar-refractivity contribution in [3.05, 3.63) is 53.6 Å². The number of hydrogen-bond acceptors (Lipinski definition) is 3. The Kier molecular flexibility index (Phi) is 2.99. The van der Waals surface area contributed by atoms with Gasteiger partial charge in [-0.25, -0.2) is 9.98 Å². The van der Waals surface area contributed by atoms with Gasteiger partial charge in [-0.15, -0.1) is 0 Å². The number of hydrogen-bond donors (Lipinski definition) is 0. The molecule has 0 saturated heterocycles. The van der Waals surface area contributed by atoms with E-state index in [1.165, 1.54) is 23.4 Å². The highest BCUT2D eigenvalue weighted by atomic mass is 19.1. The third-order valence-corrected chi connectivity index (χ3v) is 4.61. The fourth-order valence-corrected chi connectivity index (χ4v) is 3.59. The van der Waals surface area contributed by atoms with Gasteiger partial charge in [-0.1, -0.05) is 18.2 Å². The van der Waals surface area contributed by atoms with E-state index >= 15 is 0 Å². The molecule has 4 rings (SSSR count). The van der Waals surface area contributed by atoms with Crippen LogP contribution in [-0.2, 0) is 17.6 Å². The van der Waals surface area contributed by atoms with E-state index in [1.54, 1.807) is 0 Å². The van der Waals surface area contributed by atoms with Gasteiger partial charge in [-0.05, 0) is 41.2 Å². The molecule has 3 nitrogen and oxygen atoms in total. The smallest absolute Gasteiger partial charge is 0.213 e. The summed E-state index contributed by atoms with van der Waals surface area (Å²) in [5.41, 5.74) is 4.50. The molecule has 2 aliphatic rings. The maximum Gasteiger partial charge on any atom is 0.213 e. The SMILES string of the molecule is CC1=N[C@]2(CCc3c(cccc3-c3ccnc(F)c3)C2)CO1. The van der Waals surface area contributed by atoms with Crippen LogP contribution < -0.4 is 0 Å². The minimum absolute atomic E-state index is 0.0980. The summed E-state index contributed by atoms with van der Waals surface area (Å²) < 4.78 is 19.0. The first-order valence-corrected chi connectivity index (χ1v) is 7.57. The minimum Gasteiger partial charge on any atom is -0.479 e. The van der Waals surface area contributed by atoms with Crippen LogP contribution in [0.25, 0.3) is 11.1 Å². The van der Waals surface area contributed by atoms with E-state index in [0.717, 1.165) is 36.3 Å². The molecule has 1 atom stereocenters. The maximum absolute atomic E-state index is 13.4. The summed E-state index contributed by atoms with van der Waals surface area (Å²) in [6, 6.07) is 9.62. The second-order valence-corrected chi connectivity index (χ2v) is 6.13. The van der Waals surface area contributed by atoms with E-state index in [4.69, 9.17) is 9.73 Å². The summed E-state index contributed by atoms with van der Waals surface area (Å²) in [4.78, 5) is 8.36. The van der Waals surface area contributed by atoms with E-state index in [0.29, 0.717) is 6.61 Å². The molecule has 1 aliphatic carbocycles. The highest BCUT2D eigenvalue weighted by molar-refractivity contribution is 5.76. The molecule has 0 unspecified atom stereocenters. The molecule has 1 aromatic carbocycles. The number of halogens is 1. The van der Waals surface area contributed by atoms with Crippen LogP contribution >= 0.6 is 0 Å². The Balaban J connectivity index is 1.76. The molecular weight excluding hydrogens is 279 g/mol.